The minimum Gasteiger partial charge on any atom is -0.435 e. The van der Waals surface area contributed by atoms with Crippen LogP contribution in [0, 0.1) is 0 Å². The molecule has 0 aromatic heterocycles. The van der Waals surface area contributed by atoms with E-state index in [1.807, 2.05) is 0 Å². The van der Waals surface area contributed by atoms with Gasteiger partial charge in [-0.2, -0.15) is 0 Å². The molecular formula is C10H18O8. The van der Waals surface area contributed by atoms with Gasteiger partial charge in [0.15, 0.2) is 6.29 Å². The molecule has 0 amide bonds. The molecule has 18 heavy (non-hydrogen) atoms. The van der Waals surface area contributed by atoms with Crippen molar-refractivity contribution in [2.45, 2.75) is 37.6 Å². The van der Waals surface area contributed by atoms with Gasteiger partial charge < -0.3 is 34.3 Å². The maximum absolute atomic E-state index is 11.0. The number of hydrogen-bond donors (Lipinski definition) is 3. The fourth-order valence-corrected chi connectivity index (χ4v) is 1.56. The molecule has 3 N–H and O–H groups in total. The molecule has 0 bridgehead atoms. The van der Waals surface area contributed by atoms with Crippen LogP contribution >= 0.6 is 0 Å². The second-order valence-corrected chi connectivity index (χ2v) is 3.74. The Labute approximate surface area is 104 Å². The normalized spacial score (nSPS) is 36.2. The van der Waals surface area contributed by atoms with E-state index in [2.05, 4.69) is 9.47 Å². The van der Waals surface area contributed by atoms with Crippen LogP contribution < -0.4 is 0 Å². The maximum atomic E-state index is 11.0. The van der Waals surface area contributed by atoms with Gasteiger partial charge >= 0.3 is 6.16 Å². The fourth-order valence-electron chi connectivity index (χ4n) is 1.56. The molecule has 0 aromatic rings. The first kappa shape index (κ1) is 15.1. The molecule has 1 rings (SSSR count). The van der Waals surface area contributed by atoms with E-state index >= 15 is 0 Å². The van der Waals surface area contributed by atoms with Gasteiger partial charge in [-0.15, -0.1) is 0 Å². The van der Waals surface area contributed by atoms with Crippen LogP contribution in [0.5, 0.6) is 0 Å². The zero-order chi connectivity index (χ0) is 13.7. The quantitative estimate of drug-likeness (QED) is 0.533. The highest BCUT2D eigenvalue weighted by Gasteiger charge is 2.44. The third-order valence-electron chi connectivity index (χ3n) is 2.53. The summed E-state index contributed by atoms with van der Waals surface area (Å²) in [6.07, 6.45) is -7.20. The molecule has 8 nitrogen and oxygen atoms in total. The molecule has 106 valence electrons. The first-order valence-electron chi connectivity index (χ1n) is 5.53. The van der Waals surface area contributed by atoms with E-state index in [4.69, 9.17) is 9.47 Å². The summed E-state index contributed by atoms with van der Waals surface area (Å²) < 4.78 is 19.1. The summed E-state index contributed by atoms with van der Waals surface area (Å²) >= 11 is 0. The third kappa shape index (κ3) is 3.53. The van der Waals surface area contributed by atoms with Crippen LogP contribution in [0.1, 0.15) is 6.92 Å². The minimum absolute atomic E-state index is 0.162. The average Bonchev–Trinajstić information content (AvgIpc) is 2.35. The molecule has 1 fully saturated rings. The number of ether oxygens (including phenoxy) is 4. The maximum Gasteiger partial charge on any atom is 0.508 e. The molecular weight excluding hydrogens is 248 g/mol. The molecule has 0 radical (unpaired) electrons. The highest BCUT2D eigenvalue weighted by Crippen LogP contribution is 2.21. The van der Waals surface area contributed by atoms with Crippen LogP contribution in [0.15, 0.2) is 0 Å². The van der Waals surface area contributed by atoms with Crippen LogP contribution in [-0.4, -0.2) is 72.5 Å². The SMILES string of the molecule is CCOC(=O)OC[C@H]1O[C@@H](OC)[C@H](O)[C@@H](O)[C@@H]1O. The van der Waals surface area contributed by atoms with Crippen molar-refractivity contribution in [2.24, 2.45) is 0 Å². The number of rotatable bonds is 4. The van der Waals surface area contributed by atoms with E-state index in [0.29, 0.717) is 0 Å². The van der Waals surface area contributed by atoms with Crippen molar-refractivity contribution in [3.8, 4) is 0 Å². The zero-order valence-electron chi connectivity index (χ0n) is 10.2. The van der Waals surface area contributed by atoms with E-state index in [0.717, 1.165) is 0 Å². The molecule has 8 heteroatoms. The Balaban J connectivity index is 2.51. The smallest absolute Gasteiger partial charge is 0.435 e. The predicted octanol–water partition coefficient (Wildman–Crippen LogP) is -1.39. The molecule has 5 atom stereocenters. The van der Waals surface area contributed by atoms with Gasteiger partial charge in [0.05, 0.1) is 6.61 Å². The number of hydrogen-bond acceptors (Lipinski definition) is 8. The molecule has 0 unspecified atom stereocenters. The second-order valence-electron chi connectivity index (χ2n) is 3.74. The number of aliphatic hydroxyl groups excluding tert-OH is 3. The van der Waals surface area contributed by atoms with Crippen LogP contribution in [-0.2, 0) is 18.9 Å². The van der Waals surface area contributed by atoms with Gasteiger partial charge in [0.1, 0.15) is 31.0 Å². The van der Waals surface area contributed by atoms with Gasteiger partial charge in [-0.05, 0) is 6.92 Å². The number of carbonyl (C=O) groups excluding carboxylic acids is 1. The molecule has 1 saturated heterocycles. The Hall–Kier alpha value is -0.930. The fraction of sp³-hybridized carbons (Fsp3) is 0.900. The lowest BCUT2D eigenvalue weighted by Gasteiger charge is -2.39. The third-order valence-corrected chi connectivity index (χ3v) is 2.53. The summed E-state index contributed by atoms with van der Waals surface area (Å²) in [5.74, 6) is 0. The monoisotopic (exact) mass is 266 g/mol. The zero-order valence-corrected chi connectivity index (χ0v) is 10.2. The van der Waals surface area contributed by atoms with Crippen molar-refractivity contribution < 1.29 is 39.1 Å². The van der Waals surface area contributed by atoms with Gasteiger partial charge in [0.2, 0.25) is 0 Å². The second kappa shape index (κ2) is 6.86. The van der Waals surface area contributed by atoms with E-state index in [9.17, 15) is 20.1 Å². The van der Waals surface area contributed by atoms with Crippen molar-refractivity contribution in [3.05, 3.63) is 0 Å². The molecule has 0 spiro atoms. The predicted molar refractivity (Wildman–Crippen MR) is 56.7 cm³/mol. The minimum atomic E-state index is -1.44. The van der Waals surface area contributed by atoms with E-state index < -0.39 is 36.9 Å². The van der Waals surface area contributed by atoms with Gasteiger partial charge in [-0.25, -0.2) is 4.79 Å². The van der Waals surface area contributed by atoms with Gasteiger partial charge in [0.25, 0.3) is 0 Å². The summed E-state index contributed by atoms with van der Waals surface area (Å²) in [6.45, 7) is 1.47. The Morgan fingerprint density at radius 1 is 1.17 bits per heavy atom. The lowest BCUT2D eigenvalue weighted by Crippen LogP contribution is -2.59. The van der Waals surface area contributed by atoms with Crippen molar-refractivity contribution in [1.29, 1.82) is 0 Å². The summed E-state index contributed by atoms with van der Waals surface area (Å²) in [6, 6.07) is 0. The number of aliphatic hydroxyl groups is 3. The molecule has 1 aliphatic rings. The van der Waals surface area contributed by atoms with Crippen molar-refractivity contribution in [1.82, 2.24) is 0 Å². The van der Waals surface area contributed by atoms with E-state index in [1.165, 1.54) is 7.11 Å². The Kier molecular flexibility index (Phi) is 5.76. The number of methoxy groups -OCH3 is 1. The van der Waals surface area contributed by atoms with E-state index in [-0.39, 0.29) is 13.2 Å². The van der Waals surface area contributed by atoms with Gasteiger partial charge in [0, 0.05) is 7.11 Å². The summed E-state index contributed by atoms with van der Waals surface area (Å²) in [4.78, 5) is 11.0. The van der Waals surface area contributed by atoms with Crippen LogP contribution in [0.2, 0.25) is 0 Å². The summed E-state index contributed by atoms with van der Waals surface area (Å²) in [7, 11) is 1.28. The van der Waals surface area contributed by atoms with Crippen LogP contribution in [0.25, 0.3) is 0 Å². The largest absolute Gasteiger partial charge is 0.508 e. The lowest BCUT2D eigenvalue weighted by atomic mass is 9.99. The topological polar surface area (TPSA) is 115 Å². The molecule has 0 aromatic carbocycles. The van der Waals surface area contributed by atoms with Crippen molar-refractivity contribution in [3.63, 3.8) is 0 Å². The standard InChI is InChI=1S/C10H18O8/c1-3-16-10(14)17-4-5-6(11)7(12)8(13)9(15-2)18-5/h5-9,11-13H,3-4H2,1-2H3/t5-,6-,7+,8-,9-/m1/s1. The lowest BCUT2D eigenvalue weighted by molar-refractivity contribution is -0.294. The highest BCUT2D eigenvalue weighted by atomic mass is 16.7. The van der Waals surface area contributed by atoms with Gasteiger partial charge in [-0.3, -0.25) is 0 Å². The Bertz CT molecular complexity index is 269. The molecule has 0 aliphatic carbocycles. The first-order valence-corrected chi connectivity index (χ1v) is 5.53. The Morgan fingerprint density at radius 2 is 1.83 bits per heavy atom. The molecule has 1 heterocycles. The van der Waals surface area contributed by atoms with E-state index in [1.54, 1.807) is 6.92 Å². The van der Waals surface area contributed by atoms with Crippen molar-refractivity contribution >= 4 is 6.16 Å². The number of carbonyl (C=O) groups is 1. The Morgan fingerprint density at radius 3 is 2.39 bits per heavy atom. The van der Waals surface area contributed by atoms with Crippen LogP contribution in [0.4, 0.5) is 4.79 Å². The summed E-state index contributed by atoms with van der Waals surface area (Å²) in [5, 5.41) is 28.7. The molecule has 0 saturated carbocycles. The average molecular weight is 266 g/mol. The molecule has 1 aliphatic heterocycles. The van der Waals surface area contributed by atoms with Crippen molar-refractivity contribution in [2.75, 3.05) is 20.3 Å². The summed E-state index contributed by atoms with van der Waals surface area (Å²) in [5.41, 5.74) is 0. The van der Waals surface area contributed by atoms with Crippen LogP contribution in [0.3, 0.4) is 0 Å². The van der Waals surface area contributed by atoms with Gasteiger partial charge in [-0.1, -0.05) is 0 Å². The highest BCUT2D eigenvalue weighted by molar-refractivity contribution is 5.59. The first-order chi connectivity index (χ1) is 8.51.